The quantitative estimate of drug-likeness (QED) is 0.513. The Morgan fingerprint density at radius 2 is 1.61 bits per heavy atom. The molecule has 0 radical (unpaired) electrons. The van der Waals surface area contributed by atoms with Gasteiger partial charge in [-0.1, -0.05) is 60.2 Å². The van der Waals surface area contributed by atoms with Crippen molar-refractivity contribution in [1.82, 2.24) is 15.5 Å². The SMILES string of the molecule is Cc1ccc(CNC(c2ccc(F)cc2)c2nnc(-c3ccccc3)o2)cc1. The summed E-state index contributed by atoms with van der Waals surface area (Å²) in [5, 5.41) is 11.9. The summed E-state index contributed by atoms with van der Waals surface area (Å²) in [5.74, 6) is 0.619. The second-order valence-corrected chi connectivity index (χ2v) is 6.66. The van der Waals surface area contributed by atoms with E-state index in [2.05, 4.69) is 46.7 Å². The normalized spacial score (nSPS) is 12.1. The third-order valence-corrected chi connectivity index (χ3v) is 4.54. The third kappa shape index (κ3) is 4.15. The van der Waals surface area contributed by atoms with E-state index in [1.807, 2.05) is 30.3 Å². The van der Waals surface area contributed by atoms with Crippen molar-refractivity contribution in [3.8, 4) is 11.5 Å². The van der Waals surface area contributed by atoms with Crippen molar-refractivity contribution in [1.29, 1.82) is 0 Å². The number of benzene rings is 3. The molecule has 1 heterocycles. The summed E-state index contributed by atoms with van der Waals surface area (Å²) in [7, 11) is 0. The topological polar surface area (TPSA) is 51.0 Å². The molecule has 5 heteroatoms. The monoisotopic (exact) mass is 373 g/mol. The van der Waals surface area contributed by atoms with Crippen LogP contribution in [0.1, 0.15) is 28.6 Å². The molecular formula is C23H20FN3O. The standard InChI is InChI=1S/C23H20FN3O/c1-16-7-9-17(10-8-16)15-25-21(18-11-13-20(24)14-12-18)23-27-26-22(28-23)19-5-3-2-4-6-19/h2-14,21,25H,15H2,1H3. The number of nitrogens with zero attached hydrogens (tertiary/aromatic N) is 2. The lowest BCUT2D eigenvalue weighted by atomic mass is 10.1. The van der Waals surface area contributed by atoms with Gasteiger partial charge in [-0.05, 0) is 42.3 Å². The average molecular weight is 373 g/mol. The lowest BCUT2D eigenvalue weighted by molar-refractivity contribution is 0.437. The highest BCUT2D eigenvalue weighted by atomic mass is 19.1. The summed E-state index contributed by atoms with van der Waals surface area (Å²) < 4.78 is 19.3. The molecule has 0 aliphatic rings. The maximum Gasteiger partial charge on any atom is 0.247 e. The molecule has 0 bridgehead atoms. The van der Waals surface area contributed by atoms with Crippen molar-refractivity contribution in [3.63, 3.8) is 0 Å². The highest BCUT2D eigenvalue weighted by Crippen LogP contribution is 2.25. The Balaban J connectivity index is 1.62. The van der Waals surface area contributed by atoms with Gasteiger partial charge < -0.3 is 4.42 Å². The zero-order valence-corrected chi connectivity index (χ0v) is 15.5. The third-order valence-electron chi connectivity index (χ3n) is 4.54. The van der Waals surface area contributed by atoms with Crippen LogP contribution in [0.2, 0.25) is 0 Å². The van der Waals surface area contributed by atoms with Crippen LogP contribution in [0.4, 0.5) is 4.39 Å². The largest absolute Gasteiger partial charge is 0.419 e. The van der Waals surface area contributed by atoms with E-state index in [4.69, 9.17) is 4.42 Å². The second kappa shape index (κ2) is 8.15. The van der Waals surface area contributed by atoms with Crippen molar-refractivity contribution >= 4 is 0 Å². The molecule has 0 saturated heterocycles. The smallest absolute Gasteiger partial charge is 0.247 e. The van der Waals surface area contributed by atoms with Crippen molar-refractivity contribution in [2.75, 3.05) is 0 Å². The Morgan fingerprint density at radius 3 is 2.32 bits per heavy atom. The molecular weight excluding hydrogens is 353 g/mol. The first-order chi connectivity index (χ1) is 13.7. The predicted octanol–water partition coefficient (Wildman–Crippen LogP) is 5.06. The number of rotatable bonds is 6. The van der Waals surface area contributed by atoms with Crippen molar-refractivity contribution < 1.29 is 8.81 Å². The van der Waals surface area contributed by atoms with Crippen LogP contribution in [0, 0.1) is 12.7 Å². The summed E-state index contributed by atoms with van der Waals surface area (Å²) >= 11 is 0. The van der Waals surface area contributed by atoms with Gasteiger partial charge in [-0.25, -0.2) is 4.39 Å². The maximum atomic E-state index is 13.4. The molecule has 0 spiro atoms. The molecule has 1 N–H and O–H groups in total. The lowest BCUT2D eigenvalue weighted by Crippen LogP contribution is -2.22. The van der Waals surface area contributed by atoms with Crippen LogP contribution in [0.25, 0.3) is 11.5 Å². The first-order valence-electron chi connectivity index (χ1n) is 9.12. The number of aryl methyl sites for hydroxylation is 1. The number of hydrogen-bond acceptors (Lipinski definition) is 4. The fourth-order valence-electron chi connectivity index (χ4n) is 2.98. The van der Waals surface area contributed by atoms with Crippen molar-refractivity contribution in [3.05, 3.63) is 107 Å². The first-order valence-corrected chi connectivity index (χ1v) is 9.12. The van der Waals surface area contributed by atoms with Crippen LogP contribution in [0.15, 0.2) is 83.3 Å². The van der Waals surface area contributed by atoms with Gasteiger partial charge in [0.15, 0.2) is 0 Å². The van der Waals surface area contributed by atoms with Gasteiger partial charge >= 0.3 is 0 Å². The van der Waals surface area contributed by atoms with Gasteiger partial charge in [-0.15, -0.1) is 10.2 Å². The lowest BCUT2D eigenvalue weighted by Gasteiger charge is -2.16. The molecule has 1 aromatic heterocycles. The molecule has 0 saturated carbocycles. The Bertz CT molecular complexity index is 1030. The Labute approximate surface area is 163 Å². The van der Waals surface area contributed by atoms with E-state index in [1.165, 1.54) is 17.7 Å². The van der Waals surface area contributed by atoms with Crippen molar-refractivity contribution in [2.45, 2.75) is 19.5 Å². The molecule has 3 aromatic carbocycles. The highest BCUT2D eigenvalue weighted by molar-refractivity contribution is 5.51. The minimum Gasteiger partial charge on any atom is -0.419 e. The summed E-state index contributed by atoms with van der Waals surface area (Å²) in [6.45, 7) is 2.67. The average Bonchev–Trinajstić information content (AvgIpc) is 3.21. The number of nitrogens with one attached hydrogen (secondary N) is 1. The maximum absolute atomic E-state index is 13.4. The molecule has 4 aromatic rings. The zero-order chi connectivity index (χ0) is 19.3. The van der Waals surface area contributed by atoms with Gasteiger partial charge in [0, 0.05) is 12.1 Å². The van der Waals surface area contributed by atoms with E-state index >= 15 is 0 Å². The minimum absolute atomic E-state index is 0.281. The molecule has 0 aliphatic carbocycles. The van der Waals surface area contributed by atoms with Crippen LogP contribution in [-0.4, -0.2) is 10.2 Å². The molecule has 0 amide bonds. The molecule has 1 unspecified atom stereocenters. The molecule has 140 valence electrons. The summed E-state index contributed by atoms with van der Waals surface area (Å²) in [6.07, 6.45) is 0. The summed E-state index contributed by atoms with van der Waals surface area (Å²) in [5.41, 5.74) is 4.07. The molecule has 0 fully saturated rings. The summed E-state index contributed by atoms with van der Waals surface area (Å²) in [4.78, 5) is 0. The van der Waals surface area contributed by atoms with Crippen LogP contribution in [0.3, 0.4) is 0 Å². The zero-order valence-electron chi connectivity index (χ0n) is 15.5. The number of hydrogen-bond donors (Lipinski definition) is 1. The molecule has 0 aliphatic heterocycles. The highest BCUT2D eigenvalue weighted by Gasteiger charge is 2.21. The van der Waals surface area contributed by atoms with Crippen LogP contribution in [-0.2, 0) is 6.54 Å². The van der Waals surface area contributed by atoms with Crippen LogP contribution in [0.5, 0.6) is 0 Å². The molecule has 28 heavy (non-hydrogen) atoms. The molecule has 4 rings (SSSR count). The number of aromatic nitrogens is 2. The van der Waals surface area contributed by atoms with E-state index in [-0.39, 0.29) is 11.9 Å². The molecule has 1 atom stereocenters. The minimum atomic E-state index is -0.341. The Kier molecular flexibility index (Phi) is 5.26. The van der Waals surface area contributed by atoms with E-state index in [1.54, 1.807) is 12.1 Å². The van der Waals surface area contributed by atoms with Gasteiger partial charge in [0.05, 0.1) is 0 Å². The Morgan fingerprint density at radius 1 is 0.893 bits per heavy atom. The van der Waals surface area contributed by atoms with Gasteiger partial charge in [0.25, 0.3) is 0 Å². The van der Waals surface area contributed by atoms with E-state index in [9.17, 15) is 4.39 Å². The number of halogens is 1. The van der Waals surface area contributed by atoms with E-state index < -0.39 is 0 Å². The van der Waals surface area contributed by atoms with Gasteiger partial charge in [0.1, 0.15) is 11.9 Å². The fraction of sp³-hybridized carbons (Fsp3) is 0.130. The predicted molar refractivity (Wildman–Crippen MR) is 106 cm³/mol. The second-order valence-electron chi connectivity index (χ2n) is 6.66. The van der Waals surface area contributed by atoms with Crippen LogP contribution < -0.4 is 5.32 Å². The van der Waals surface area contributed by atoms with Crippen molar-refractivity contribution in [2.24, 2.45) is 0 Å². The first kappa shape index (κ1) is 18.1. The van der Waals surface area contributed by atoms with Gasteiger partial charge in [-0.2, -0.15) is 0 Å². The summed E-state index contributed by atoms with van der Waals surface area (Å²) in [6, 6.07) is 23.9. The Hall–Kier alpha value is -3.31. The van der Waals surface area contributed by atoms with E-state index in [0.717, 1.165) is 16.7 Å². The van der Waals surface area contributed by atoms with E-state index in [0.29, 0.717) is 18.3 Å². The van der Waals surface area contributed by atoms with Gasteiger partial charge in [0.2, 0.25) is 11.8 Å². The van der Waals surface area contributed by atoms with Gasteiger partial charge in [-0.3, -0.25) is 5.32 Å². The fourth-order valence-corrected chi connectivity index (χ4v) is 2.98. The molecule has 4 nitrogen and oxygen atoms in total. The van der Waals surface area contributed by atoms with Crippen LogP contribution >= 0.6 is 0 Å².